The zero-order valence-electron chi connectivity index (χ0n) is 34.8. The van der Waals surface area contributed by atoms with Crippen LogP contribution in [-0.2, 0) is 0 Å². The summed E-state index contributed by atoms with van der Waals surface area (Å²) in [6.07, 6.45) is 0. The van der Waals surface area contributed by atoms with Gasteiger partial charge < -0.3 is 18.6 Å². The molecule has 0 N–H and O–H groups in total. The number of rotatable bonds is 9. The van der Waals surface area contributed by atoms with Crippen LogP contribution in [0.4, 0.5) is 34.1 Å². The van der Waals surface area contributed by atoms with Crippen LogP contribution in [0, 0.1) is 0 Å². The molecule has 10 aromatic carbocycles. The lowest BCUT2D eigenvalue weighted by Gasteiger charge is -2.30. The third kappa shape index (κ3) is 6.48. The molecule has 12 aromatic rings. The predicted octanol–water partition coefficient (Wildman–Crippen LogP) is 17.4. The van der Waals surface area contributed by atoms with Gasteiger partial charge in [-0.3, -0.25) is 0 Å². The fourth-order valence-corrected chi connectivity index (χ4v) is 9.36. The van der Waals surface area contributed by atoms with Crippen LogP contribution in [0.25, 0.3) is 77.3 Å². The van der Waals surface area contributed by atoms with Crippen molar-refractivity contribution >= 4 is 78.0 Å². The summed E-state index contributed by atoms with van der Waals surface area (Å²) in [7, 11) is 0. The lowest BCUT2D eigenvalue weighted by molar-refractivity contribution is 0.668. The fraction of sp³-hybridized carbons (Fsp3) is 0. The highest BCUT2D eigenvalue weighted by molar-refractivity contribution is 6.15. The normalized spacial score (nSPS) is 11.4. The molecule has 0 radical (unpaired) electrons. The van der Waals surface area contributed by atoms with Crippen molar-refractivity contribution in [2.75, 3.05) is 9.80 Å². The van der Waals surface area contributed by atoms with Crippen LogP contribution in [0.2, 0.25) is 0 Å². The molecule has 4 heteroatoms. The SMILES string of the molecule is c1ccc(-c2cccc(N(c3cccc(-c4ccccc4N(c4cccc(-c5ccccc5)c4)c4cccc5oc6ccccc6c45)c3)c3cccc4oc5ccccc5c34)c2)cc1. The van der Waals surface area contributed by atoms with Crippen molar-refractivity contribution in [2.45, 2.75) is 0 Å². The molecule has 2 aromatic heterocycles. The molecule has 0 saturated heterocycles. The van der Waals surface area contributed by atoms with Crippen LogP contribution in [0.5, 0.6) is 0 Å². The Bertz CT molecular complexity index is 3640. The Morgan fingerprint density at radius 1 is 0.250 bits per heavy atom. The quantitative estimate of drug-likeness (QED) is 0.145. The second-order valence-electron chi connectivity index (χ2n) is 16.1. The zero-order chi connectivity index (χ0) is 42.4. The molecule has 4 nitrogen and oxygen atoms in total. The van der Waals surface area contributed by atoms with Gasteiger partial charge in [0.05, 0.1) is 27.8 Å². The van der Waals surface area contributed by atoms with E-state index in [0.717, 1.165) is 111 Å². The van der Waals surface area contributed by atoms with Crippen molar-refractivity contribution in [3.05, 3.63) is 243 Å². The molecule has 0 amide bonds. The Morgan fingerprint density at radius 3 is 1.19 bits per heavy atom. The summed E-state index contributed by atoms with van der Waals surface area (Å²) in [4.78, 5) is 4.78. The molecule has 0 unspecified atom stereocenters. The highest BCUT2D eigenvalue weighted by atomic mass is 16.3. The molecular formula is C60H40N2O2. The van der Waals surface area contributed by atoms with Crippen LogP contribution in [0.15, 0.2) is 251 Å². The summed E-state index contributed by atoms with van der Waals surface area (Å²) in [6.45, 7) is 0. The second kappa shape index (κ2) is 15.7. The minimum absolute atomic E-state index is 0.844. The molecule has 0 aliphatic carbocycles. The number of benzene rings is 10. The molecule has 0 bridgehead atoms. The van der Waals surface area contributed by atoms with E-state index >= 15 is 0 Å². The number of anilines is 6. The van der Waals surface area contributed by atoms with E-state index in [1.807, 2.05) is 24.3 Å². The highest BCUT2D eigenvalue weighted by Crippen LogP contribution is 2.48. The molecule has 0 fully saturated rings. The van der Waals surface area contributed by atoms with E-state index < -0.39 is 0 Å². The molecule has 302 valence electrons. The van der Waals surface area contributed by atoms with E-state index in [-0.39, 0.29) is 0 Å². The van der Waals surface area contributed by atoms with Gasteiger partial charge in [-0.2, -0.15) is 0 Å². The van der Waals surface area contributed by atoms with Gasteiger partial charge in [0.25, 0.3) is 0 Å². The van der Waals surface area contributed by atoms with Crippen molar-refractivity contribution < 1.29 is 8.83 Å². The van der Waals surface area contributed by atoms with Crippen molar-refractivity contribution in [3.8, 4) is 33.4 Å². The number of fused-ring (bicyclic) bond motifs is 6. The largest absolute Gasteiger partial charge is 0.456 e. The van der Waals surface area contributed by atoms with E-state index in [0.29, 0.717) is 0 Å². The van der Waals surface area contributed by atoms with Crippen LogP contribution in [0.3, 0.4) is 0 Å². The van der Waals surface area contributed by atoms with E-state index in [4.69, 9.17) is 8.83 Å². The molecule has 64 heavy (non-hydrogen) atoms. The Hall–Kier alpha value is -8.60. The first kappa shape index (κ1) is 37.2. The number of hydrogen-bond donors (Lipinski definition) is 0. The van der Waals surface area contributed by atoms with Crippen LogP contribution in [-0.4, -0.2) is 0 Å². The number of furan rings is 2. The van der Waals surface area contributed by atoms with Crippen molar-refractivity contribution in [3.63, 3.8) is 0 Å². The smallest absolute Gasteiger partial charge is 0.137 e. The van der Waals surface area contributed by atoms with Crippen molar-refractivity contribution in [1.82, 2.24) is 0 Å². The summed E-state index contributed by atoms with van der Waals surface area (Å²) < 4.78 is 13.0. The summed E-state index contributed by atoms with van der Waals surface area (Å²) >= 11 is 0. The molecule has 0 aliphatic rings. The van der Waals surface area contributed by atoms with Crippen LogP contribution in [0.1, 0.15) is 0 Å². The lowest BCUT2D eigenvalue weighted by atomic mass is 9.98. The van der Waals surface area contributed by atoms with Gasteiger partial charge in [-0.25, -0.2) is 0 Å². The standard InChI is InChI=1S/C60H40N2O2/c1-3-18-41(19-4-1)43-22-13-25-46(38-43)61(53-32-16-36-57-59(53)50-29-8-11-34-55(50)63-57)47-26-15-24-45(40-47)49-28-7-10-31-52(49)62(48-27-14-23-44(39-48)42-20-5-2-6-21-42)54-33-17-37-58-60(54)51-30-9-12-35-56(51)64-58/h1-40H. The van der Waals surface area contributed by atoms with Gasteiger partial charge in [0, 0.05) is 33.4 Å². The van der Waals surface area contributed by atoms with E-state index in [2.05, 4.69) is 228 Å². The molecule has 0 atom stereocenters. The average Bonchev–Trinajstić information content (AvgIpc) is 3.95. The third-order valence-corrected chi connectivity index (χ3v) is 12.2. The first-order valence-corrected chi connectivity index (χ1v) is 21.7. The van der Waals surface area contributed by atoms with Crippen LogP contribution >= 0.6 is 0 Å². The first-order chi connectivity index (χ1) is 31.7. The lowest BCUT2D eigenvalue weighted by Crippen LogP contribution is -2.12. The maximum Gasteiger partial charge on any atom is 0.137 e. The molecule has 0 spiro atoms. The number of nitrogens with zero attached hydrogens (tertiary/aromatic N) is 2. The minimum Gasteiger partial charge on any atom is -0.456 e. The van der Waals surface area contributed by atoms with Gasteiger partial charge in [-0.1, -0.05) is 164 Å². The predicted molar refractivity (Wildman–Crippen MR) is 267 cm³/mol. The Kier molecular flexibility index (Phi) is 9.12. The first-order valence-electron chi connectivity index (χ1n) is 21.7. The van der Waals surface area contributed by atoms with E-state index in [1.165, 1.54) is 0 Å². The number of hydrogen-bond acceptors (Lipinski definition) is 4. The fourth-order valence-electron chi connectivity index (χ4n) is 9.36. The van der Waals surface area contributed by atoms with Gasteiger partial charge >= 0.3 is 0 Å². The monoisotopic (exact) mass is 820 g/mol. The van der Waals surface area contributed by atoms with Gasteiger partial charge in [-0.05, 0) is 107 Å². The van der Waals surface area contributed by atoms with Crippen molar-refractivity contribution in [2.24, 2.45) is 0 Å². The average molecular weight is 821 g/mol. The maximum absolute atomic E-state index is 6.50. The van der Waals surface area contributed by atoms with Gasteiger partial charge in [-0.15, -0.1) is 0 Å². The highest BCUT2D eigenvalue weighted by Gasteiger charge is 2.24. The Morgan fingerprint density at radius 2 is 0.625 bits per heavy atom. The van der Waals surface area contributed by atoms with Crippen LogP contribution < -0.4 is 9.80 Å². The maximum atomic E-state index is 6.50. The summed E-state index contributed by atoms with van der Waals surface area (Å²) in [5.74, 6) is 0. The Labute approximate surface area is 371 Å². The number of para-hydroxylation sites is 3. The van der Waals surface area contributed by atoms with E-state index in [1.54, 1.807) is 0 Å². The molecule has 0 saturated carbocycles. The molecule has 12 rings (SSSR count). The molecule has 2 heterocycles. The zero-order valence-corrected chi connectivity index (χ0v) is 34.8. The topological polar surface area (TPSA) is 32.8 Å². The Balaban J connectivity index is 1.08. The molecular weight excluding hydrogens is 781 g/mol. The van der Waals surface area contributed by atoms with E-state index in [9.17, 15) is 0 Å². The summed E-state index contributed by atoms with van der Waals surface area (Å²) in [5.41, 5.74) is 16.4. The molecule has 0 aliphatic heterocycles. The summed E-state index contributed by atoms with van der Waals surface area (Å²) in [6, 6.07) is 85.9. The summed E-state index contributed by atoms with van der Waals surface area (Å²) in [5, 5.41) is 4.29. The second-order valence-corrected chi connectivity index (χ2v) is 16.1. The van der Waals surface area contributed by atoms with Gasteiger partial charge in [0.1, 0.15) is 22.3 Å². The van der Waals surface area contributed by atoms with Crippen molar-refractivity contribution in [1.29, 1.82) is 0 Å². The third-order valence-electron chi connectivity index (χ3n) is 12.2. The van der Waals surface area contributed by atoms with Gasteiger partial charge in [0.2, 0.25) is 0 Å². The minimum atomic E-state index is 0.844. The van der Waals surface area contributed by atoms with Gasteiger partial charge in [0.15, 0.2) is 0 Å².